The predicted octanol–water partition coefficient (Wildman–Crippen LogP) is 5.33. The number of urea groups is 1. The van der Waals surface area contributed by atoms with Gasteiger partial charge in [0, 0.05) is 36.8 Å². The Morgan fingerprint density at radius 1 is 0.914 bits per heavy atom. The zero-order valence-corrected chi connectivity index (χ0v) is 19.6. The average Bonchev–Trinajstić information content (AvgIpc) is 2.89. The molecule has 2 bridgehead atoms. The zero-order valence-electron chi connectivity index (χ0n) is 19.6. The molecule has 176 valence electrons. The van der Waals surface area contributed by atoms with E-state index < -0.39 is 0 Å². The standard InChI is InChI=1S/C29H27N3O3/c1-35-27-9-5-4-8-25(27)30-29(34)31-16-19-14-23(18-31)26-13-12-24(28(33)32(26)17-19)22-11-10-20-6-2-3-7-21(20)15-22/h2-13,15,19,23H,14,16-18H2,1H3,(H,30,34)/t19-,23-/m1/s1. The minimum atomic E-state index is -0.132. The molecule has 35 heavy (non-hydrogen) atoms. The molecule has 0 radical (unpaired) electrons. The van der Waals surface area contributed by atoms with Crippen LogP contribution in [0, 0.1) is 5.92 Å². The number of carbonyl (C=O) groups excluding carboxylic acids is 1. The maximum absolute atomic E-state index is 13.6. The molecular weight excluding hydrogens is 438 g/mol. The highest BCUT2D eigenvalue weighted by atomic mass is 16.5. The minimum Gasteiger partial charge on any atom is -0.495 e. The topological polar surface area (TPSA) is 63.6 Å². The van der Waals surface area contributed by atoms with Crippen LogP contribution in [0.2, 0.25) is 0 Å². The maximum atomic E-state index is 13.6. The Bertz CT molecular complexity index is 1490. The second-order valence-corrected chi connectivity index (χ2v) is 9.48. The number of carbonyl (C=O) groups is 1. The molecule has 1 saturated heterocycles. The fourth-order valence-electron chi connectivity index (χ4n) is 5.63. The number of likely N-dealkylation sites (tertiary alicyclic amines) is 1. The van der Waals surface area contributed by atoms with Gasteiger partial charge in [-0.2, -0.15) is 0 Å². The molecule has 2 amide bonds. The quantitative estimate of drug-likeness (QED) is 0.445. The SMILES string of the molecule is COc1ccccc1NC(=O)N1C[C@H]2C[C@H](C1)c1ccc(-c3ccc4ccccc4c3)c(=O)n1C2. The number of anilines is 1. The van der Waals surface area contributed by atoms with Gasteiger partial charge in [-0.1, -0.05) is 48.5 Å². The van der Waals surface area contributed by atoms with Gasteiger partial charge in [-0.3, -0.25) is 4.79 Å². The van der Waals surface area contributed by atoms with Gasteiger partial charge in [-0.15, -0.1) is 0 Å². The number of methoxy groups -OCH3 is 1. The Kier molecular flexibility index (Phi) is 5.29. The van der Waals surface area contributed by atoms with Crippen molar-refractivity contribution in [2.75, 3.05) is 25.5 Å². The number of hydrogen-bond donors (Lipinski definition) is 1. The molecule has 0 unspecified atom stereocenters. The molecule has 4 aromatic rings. The first-order valence-electron chi connectivity index (χ1n) is 12.0. The summed E-state index contributed by atoms with van der Waals surface area (Å²) in [6, 6.07) is 25.7. The van der Waals surface area contributed by atoms with Crippen LogP contribution in [-0.2, 0) is 6.54 Å². The molecular formula is C29H27N3O3. The Balaban J connectivity index is 1.27. The van der Waals surface area contributed by atoms with Gasteiger partial charge < -0.3 is 19.5 Å². The summed E-state index contributed by atoms with van der Waals surface area (Å²) in [6.45, 7) is 1.85. The van der Waals surface area contributed by atoms with Crippen molar-refractivity contribution in [2.45, 2.75) is 18.9 Å². The molecule has 6 nitrogen and oxygen atoms in total. The summed E-state index contributed by atoms with van der Waals surface area (Å²) in [7, 11) is 1.59. The molecule has 2 atom stereocenters. The number of piperidine rings is 1. The van der Waals surface area contributed by atoms with Gasteiger partial charge in [0.15, 0.2) is 0 Å². The highest BCUT2D eigenvalue weighted by Crippen LogP contribution is 2.36. The lowest BCUT2D eigenvalue weighted by Crippen LogP contribution is -2.50. The second kappa shape index (κ2) is 8.62. The van der Waals surface area contributed by atoms with Gasteiger partial charge in [0.05, 0.1) is 12.8 Å². The van der Waals surface area contributed by atoms with Crippen LogP contribution in [0.15, 0.2) is 83.7 Å². The largest absolute Gasteiger partial charge is 0.495 e. The number of pyridine rings is 1. The van der Waals surface area contributed by atoms with Crippen LogP contribution in [-0.4, -0.2) is 35.7 Å². The van der Waals surface area contributed by atoms with Crippen LogP contribution < -0.4 is 15.6 Å². The van der Waals surface area contributed by atoms with E-state index in [1.54, 1.807) is 7.11 Å². The molecule has 1 N–H and O–H groups in total. The van der Waals surface area contributed by atoms with Crippen molar-refractivity contribution in [3.8, 4) is 16.9 Å². The average molecular weight is 466 g/mol. The van der Waals surface area contributed by atoms with Gasteiger partial charge in [0.25, 0.3) is 5.56 Å². The number of para-hydroxylation sites is 2. The lowest BCUT2D eigenvalue weighted by Gasteiger charge is -2.42. The smallest absolute Gasteiger partial charge is 0.321 e. The number of hydrogen-bond acceptors (Lipinski definition) is 3. The van der Waals surface area contributed by atoms with E-state index in [1.807, 2.05) is 58.0 Å². The Morgan fingerprint density at radius 3 is 2.57 bits per heavy atom. The van der Waals surface area contributed by atoms with Crippen LogP contribution in [0.25, 0.3) is 21.9 Å². The number of fused-ring (bicyclic) bond motifs is 5. The Labute approximate surface area is 203 Å². The third kappa shape index (κ3) is 3.85. The number of benzene rings is 3. The molecule has 1 fully saturated rings. The van der Waals surface area contributed by atoms with E-state index in [1.165, 1.54) is 0 Å². The van der Waals surface area contributed by atoms with E-state index in [0.717, 1.165) is 34.0 Å². The lowest BCUT2D eigenvalue weighted by molar-refractivity contribution is 0.139. The van der Waals surface area contributed by atoms with E-state index in [4.69, 9.17) is 4.74 Å². The summed E-state index contributed by atoms with van der Waals surface area (Å²) in [6.07, 6.45) is 0.993. The summed E-state index contributed by atoms with van der Waals surface area (Å²) in [4.78, 5) is 28.5. The zero-order chi connectivity index (χ0) is 23.9. The summed E-state index contributed by atoms with van der Waals surface area (Å²) < 4.78 is 7.31. The highest BCUT2D eigenvalue weighted by Gasteiger charge is 2.37. The molecule has 3 aromatic carbocycles. The summed E-state index contributed by atoms with van der Waals surface area (Å²) >= 11 is 0. The summed E-state index contributed by atoms with van der Waals surface area (Å²) in [5.41, 5.74) is 3.40. The van der Waals surface area contributed by atoms with Crippen LogP contribution in [0.4, 0.5) is 10.5 Å². The second-order valence-electron chi connectivity index (χ2n) is 9.48. The van der Waals surface area contributed by atoms with Crippen molar-refractivity contribution in [3.05, 3.63) is 94.9 Å². The number of nitrogens with one attached hydrogen (secondary N) is 1. The summed E-state index contributed by atoms with van der Waals surface area (Å²) in [5, 5.41) is 5.28. The third-order valence-corrected chi connectivity index (χ3v) is 7.30. The van der Waals surface area contributed by atoms with Crippen LogP contribution in [0.3, 0.4) is 0 Å². The van der Waals surface area contributed by atoms with Crippen LogP contribution in [0.5, 0.6) is 5.75 Å². The van der Waals surface area contributed by atoms with E-state index in [9.17, 15) is 9.59 Å². The molecule has 3 heterocycles. The van der Waals surface area contributed by atoms with Crippen molar-refractivity contribution in [2.24, 2.45) is 5.92 Å². The van der Waals surface area contributed by atoms with E-state index in [-0.39, 0.29) is 23.4 Å². The van der Waals surface area contributed by atoms with Crippen LogP contribution >= 0.6 is 0 Å². The molecule has 6 heteroatoms. The Hall–Kier alpha value is -4.06. The van der Waals surface area contributed by atoms with Crippen molar-refractivity contribution in [1.29, 1.82) is 0 Å². The number of nitrogens with zero attached hydrogens (tertiary/aromatic N) is 2. The monoisotopic (exact) mass is 465 g/mol. The van der Waals surface area contributed by atoms with Gasteiger partial charge in [-0.25, -0.2) is 4.79 Å². The summed E-state index contributed by atoms with van der Waals surface area (Å²) in [5.74, 6) is 1.02. The maximum Gasteiger partial charge on any atom is 0.321 e. The van der Waals surface area contributed by atoms with E-state index in [2.05, 4.69) is 35.6 Å². The van der Waals surface area contributed by atoms with Crippen molar-refractivity contribution >= 4 is 22.5 Å². The molecule has 1 aromatic heterocycles. The number of aromatic nitrogens is 1. The fraction of sp³-hybridized carbons (Fsp3) is 0.241. The van der Waals surface area contributed by atoms with Crippen LogP contribution in [0.1, 0.15) is 18.0 Å². The minimum absolute atomic E-state index is 0.0550. The van der Waals surface area contributed by atoms with Crippen molar-refractivity contribution < 1.29 is 9.53 Å². The Morgan fingerprint density at radius 2 is 1.71 bits per heavy atom. The first kappa shape index (κ1) is 21.5. The van der Waals surface area contributed by atoms with Gasteiger partial charge in [0.2, 0.25) is 0 Å². The number of rotatable bonds is 3. The molecule has 6 rings (SSSR count). The normalized spacial score (nSPS) is 18.7. The van der Waals surface area contributed by atoms with E-state index >= 15 is 0 Å². The first-order chi connectivity index (χ1) is 17.1. The van der Waals surface area contributed by atoms with Crippen molar-refractivity contribution in [1.82, 2.24) is 9.47 Å². The lowest BCUT2D eigenvalue weighted by atomic mass is 9.83. The van der Waals surface area contributed by atoms with Gasteiger partial charge in [0.1, 0.15) is 5.75 Å². The van der Waals surface area contributed by atoms with Crippen molar-refractivity contribution in [3.63, 3.8) is 0 Å². The molecule has 0 saturated carbocycles. The fourth-order valence-corrected chi connectivity index (χ4v) is 5.63. The molecule has 2 aliphatic heterocycles. The van der Waals surface area contributed by atoms with E-state index in [0.29, 0.717) is 31.1 Å². The predicted molar refractivity (Wildman–Crippen MR) is 138 cm³/mol. The molecule has 0 spiro atoms. The third-order valence-electron chi connectivity index (χ3n) is 7.30. The van der Waals surface area contributed by atoms with Gasteiger partial charge in [-0.05, 0) is 59.0 Å². The molecule has 2 aliphatic rings. The highest BCUT2D eigenvalue weighted by molar-refractivity contribution is 5.91. The first-order valence-corrected chi connectivity index (χ1v) is 12.0. The van der Waals surface area contributed by atoms with Gasteiger partial charge >= 0.3 is 6.03 Å². The number of amides is 2. The molecule has 0 aliphatic carbocycles. The number of ether oxygens (including phenoxy) is 1.